The molecule has 0 spiro atoms. The predicted molar refractivity (Wildman–Crippen MR) is 77.4 cm³/mol. The fourth-order valence-corrected chi connectivity index (χ4v) is 2.73. The van der Waals surface area contributed by atoms with Crippen LogP contribution in [0, 0.1) is 6.92 Å². The van der Waals surface area contributed by atoms with Crippen molar-refractivity contribution >= 4 is 21.6 Å². The molecule has 0 bridgehead atoms. The third-order valence-corrected chi connectivity index (χ3v) is 3.69. The largest absolute Gasteiger partial charge is 0.497 e. The Morgan fingerprint density at radius 1 is 1.00 bits per heavy atom. The summed E-state index contributed by atoms with van der Waals surface area (Å²) in [5.74, 6) is 1.57. The van der Waals surface area contributed by atoms with Gasteiger partial charge in [0.2, 0.25) is 0 Å². The van der Waals surface area contributed by atoms with Gasteiger partial charge in [0, 0.05) is 0 Å². The van der Waals surface area contributed by atoms with E-state index in [0.717, 1.165) is 21.7 Å². The van der Waals surface area contributed by atoms with Crippen LogP contribution >= 0.6 is 11.3 Å². The number of thiazole rings is 1. The van der Waals surface area contributed by atoms with Gasteiger partial charge in [-0.2, -0.15) is 0 Å². The smallest absolute Gasteiger partial charge is 0.279 e. The van der Waals surface area contributed by atoms with Crippen molar-refractivity contribution < 1.29 is 9.47 Å². The molecule has 2 aromatic carbocycles. The topological polar surface area (TPSA) is 31.4 Å². The molecule has 0 aliphatic rings. The summed E-state index contributed by atoms with van der Waals surface area (Å²) in [4.78, 5) is 4.46. The summed E-state index contributed by atoms with van der Waals surface area (Å²) in [6.45, 7) is 2.07. The molecule has 0 saturated carbocycles. The van der Waals surface area contributed by atoms with Crippen molar-refractivity contribution in [3.63, 3.8) is 0 Å². The molecule has 3 aromatic rings. The van der Waals surface area contributed by atoms with Crippen LogP contribution in [0.4, 0.5) is 0 Å². The van der Waals surface area contributed by atoms with E-state index in [9.17, 15) is 0 Å². The van der Waals surface area contributed by atoms with Crippen LogP contribution in [0.25, 0.3) is 10.2 Å². The Bertz CT molecular complexity index is 704. The molecule has 19 heavy (non-hydrogen) atoms. The van der Waals surface area contributed by atoms with Crippen molar-refractivity contribution in [3.05, 3.63) is 48.0 Å². The number of benzene rings is 2. The SMILES string of the molecule is COc1ccc(Oc2nc3ccc(C)cc3s2)cc1. The number of fused-ring (bicyclic) bond motifs is 1. The van der Waals surface area contributed by atoms with E-state index in [2.05, 4.69) is 24.0 Å². The maximum atomic E-state index is 5.75. The highest BCUT2D eigenvalue weighted by molar-refractivity contribution is 7.20. The maximum absolute atomic E-state index is 5.75. The first kappa shape index (κ1) is 12.0. The Balaban J connectivity index is 1.87. The third kappa shape index (κ3) is 2.53. The fourth-order valence-electron chi connectivity index (χ4n) is 1.80. The van der Waals surface area contributed by atoms with Gasteiger partial charge in [0.15, 0.2) is 0 Å². The molecule has 0 saturated heterocycles. The van der Waals surface area contributed by atoms with Crippen molar-refractivity contribution in [3.8, 4) is 16.7 Å². The molecule has 0 N–H and O–H groups in total. The Kier molecular flexibility index (Phi) is 3.09. The number of aryl methyl sites for hydroxylation is 1. The molecular formula is C15H13NO2S. The molecule has 0 unspecified atom stereocenters. The fraction of sp³-hybridized carbons (Fsp3) is 0.133. The molecule has 0 aliphatic heterocycles. The Hall–Kier alpha value is -2.07. The van der Waals surface area contributed by atoms with Gasteiger partial charge in [-0.1, -0.05) is 17.4 Å². The lowest BCUT2D eigenvalue weighted by atomic mass is 10.2. The van der Waals surface area contributed by atoms with Gasteiger partial charge < -0.3 is 9.47 Å². The van der Waals surface area contributed by atoms with Gasteiger partial charge in [-0.15, -0.1) is 0 Å². The highest BCUT2D eigenvalue weighted by Crippen LogP contribution is 2.32. The molecule has 0 atom stereocenters. The van der Waals surface area contributed by atoms with E-state index in [1.165, 1.54) is 5.56 Å². The van der Waals surface area contributed by atoms with Crippen molar-refractivity contribution in [2.75, 3.05) is 7.11 Å². The summed E-state index contributed by atoms with van der Waals surface area (Å²) in [6, 6.07) is 13.7. The minimum absolute atomic E-state index is 0.658. The normalized spacial score (nSPS) is 10.6. The van der Waals surface area contributed by atoms with Crippen LogP contribution in [0.1, 0.15) is 5.56 Å². The lowest BCUT2D eigenvalue weighted by molar-refractivity contribution is 0.412. The van der Waals surface area contributed by atoms with Gasteiger partial charge in [-0.05, 0) is 48.9 Å². The zero-order chi connectivity index (χ0) is 13.2. The summed E-state index contributed by atoms with van der Waals surface area (Å²) in [5, 5.41) is 0.658. The van der Waals surface area contributed by atoms with Crippen LogP contribution in [0.5, 0.6) is 16.7 Å². The number of rotatable bonds is 3. The quantitative estimate of drug-likeness (QED) is 0.707. The van der Waals surface area contributed by atoms with Gasteiger partial charge in [-0.25, -0.2) is 4.98 Å². The molecular weight excluding hydrogens is 258 g/mol. The van der Waals surface area contributed by atoms with Crippen molar-refractivity contribution in [2.45, 2.75) is 6.92 Å². The van der Waals surface area contributed by atoms with E-state index in [4.69, 9.17) is 9.47 Å². The highest BCUT2D eigenvalue weighted by Gasteiger charge is 2.06. The first-order chi connectivity index (χ1) is 9.24. The molecule has 96 valence electrons. The van der Waals surface area contributed by atoms with Crippen LogP contribution in [0.3, 0.4) is 0 Å². The van der Waals surface area contributed by atoms with E-state index < -0.39 is 0 Å². The monoisotopic (exact) mass is 271 g/mol. The summed E-state index contributed by atoms with van der Waals surface area (Å²) in [7, 11) is 1.64. The van der Waals surface area contributed by atoms with Crippen LogP contribution < -0.4 is 9.47 Å². The standard InChI is InChI=1S/C15H13NO2S/c1-10-3-8-13-14(9-10)19-15(16-13)18-12-6-4-11(17-2)5-7-12/h3-9H,1-2H3. The third-order valence-electron chi connectivity index (χ3n) is 2.79. The maximum Gasteiger partial charge on any atom is 0.279 e. The molecule has 4 heteroatoms. The van der Waals surface area contributed by atoms with Gasteiger partial charge in [0.1, 0.15) is 11.5 Å². The Labute approximate surface area is 115 Å². The summed E-state index contributed by atoms with van der Waals surface area (Å²) < 4.78 is 12.0. The minimum atomic E-state index is 0.658. The van der Waals surface area contributed by atoms with Gasteiger partial charge in [0.25, 0.3) is 5.19 Å². The van der Waals surface area contributed by atoms with Crippen molar-refractivity contribution in [2.24, 2.45) is 0 Å². The average Bonchev–Trinajstić information content (AvgIpc) is 2.81. The molecule has 0 amide bonds. The zero-order valence-electron chi connectivity index (χ0n) is 10.7. The van der Waals surface area contributed by atoms with E-state index in [0.29, 0.717) is 5.19 Å². The molecule has 0 aliphatic carbocycles. The molecule has 0 radical (unpaired) electrons. The minimum Gasteiger partial charge on any atom is -0.497 e. The number of methoxy groups -OCH3 is 1. The van der Waals surface area contributed by atoms with Crippen LogP contribution in [0.15, 0.2) is 42.5 Å². The number of aromatic nitrogens is 1. The first-order valence-electron chi connectivity index (χ1n) is 5.94. The van der Waals surface area contributed by atoms with Gasteiger partial charge in [-0.3, -0.25) is 0 Å². The first-order valence-corrected chi connectivity index (χ1v) is 6.75. The van der Waals surface area contributed by atoms with Crippen LogP contribution in [-0.2, 0) is 0 Å². The lowest BCUT2D eigenvalue weighted by Crippen LogP contribution is -1.84. The van der Waals surface area contributed by atoms with Crippen molar-refractivity contribution in [1.82, 2.24) is 4.98 Å². The van der Waals surface area contributed by atoms with E-state index in [-0.39, 0.29) is 0 Å². The summed E-state index contributed by atoms with van der Waals surface area (Å²) >= 11 is 1.55. The second-order valence-corrected chi connectivity index (χ2v) is 5.22. The Morgan fingerprint density at radius 2 is 1.74 bits per heavy atom. The van der Waals surface area contributed by atoms with Crippen LogP contribution in [0.2, 0.25) is 0 Å². The molecule has 3 rings (SSSR count). The molecule has 0 fully saturated rings. The number of hydrogen-bond donors (Lipinski definition) is 0. The second kappa shape index (κ2) is 4.90. The van der Waals surface area contributed by atoms with E-state index in [1.807, 2.05) is 30.3 Å². The number of ether oxygens (including phenoxy) is 2. The molecule has 1 aromatic heterocycles. The Morgan fingerprint density at radius 3 is 2.47 bits per heavy atom. The van der Waals surface area contributed by atoms with Gasteiger partial charge >= 0.3 is 0 Å². The van der Waals surface area contributed by atoms with E-state index >= 15 is 0 Å². The van der Waals surface area contributed by atoms with Crippen molar-refractivity contribution in [1.29, 1.82) is 0 Å². The predicted octanol–water partition coefficient (Wildman–Crippen LogP) is 4.41. The van der Waals surface area contributed by atoms with E-state index in [1.54, 1.807) is 18.4 Å². The van der Waals surface area contributed by atoms with Gasteiger partial charge in [0.05, 0.1) is 17.3 Å². The zero-order valence-corrected chi connectivity index (χ0v) is 11.5. The molecule has 1 heterocycles. The molecule has 3 nitrogen and oxygen atoms in total. The average molecular weight is 271 g/mol. The summed E-state index contributed by atoms with van der Waals surface area (Å²) in [5.41, 5.74) is 2.20. The van der Waals surface area contributed by atoms with Crippen LogP contribution in [-0.4, -0.2) is 12.1 Å². The second-order valence-electron chi connectivity index (χ2n) is 4.23. The highest BCUT2D eigenvalue weighted by atomic mass is 32.1. The lowest BCUT2D eigenvalue weighted by Gasteiger charge is -2.02. The summed E-state index contributed by atoms with van der Waals surface area (Å²) in [6.07, 6.45) is 0. The number of hydrogen-bond acceptors (Lipinski definition) is 4. The number of nitrogens with zero attached hydrogens (tertiary/aromatic N) is 1.